The molecule has 0 fully saturated rings. The summed E-state index contributed by atoms with van der Waals surface area (Å²) in [5.74, 6) is 1.71. The Hall–Kier alpha value is -3.15. The molecule has 1 heterocycles. The second kappa shape index (κ2) is 9.17. The van der Waals surface area contributed by atoms with Gasteiger partial charge in [-0.05, 0) is 56.2 Å². The van der Waals surface area contributed by atoms with E-state index >= 15 is 0 Å². The Labute approximate surface area is 164 Å². The Morgan fingerprint density at radius 2 is 1.93 bits per heavy atom. The third-order valence-corrected chi connectivity index (χ3v) is 4.49. The van der Waals surface area contributed by atoms with Crippen LogP contribution in [0.4, 0.5) is 0 Å². The van der Waals surface area contributed by atoms with Crippen molar-refractivity contribution >= 4 is 5.91 Å². The van der Waals surface area contributed by atoms with Crippen LogP contribution in [0.1, 0.15) is 43.3 Å². The van der Waals surface area contributed by atoms with Crippen LogP contribution in [-0.2, 0) is 11.2 Å². The minimum atomic E-state index is -0.0456. The van der Waals surface area contributed by atoms with Crippen molar-refractivity contribution in [3.05, 3.63) is 65.5 Å². The van der Waals surface area contributed by atoms with Crippen molar-refractivity contribution in [3.8, 4) is 17.1 Å². The number of nitrogens with zero attached hydrogens (tertiary/aromatic N) is 2. The normalized spacial score (nSPS) is 11.8. The molecule has 0 spiro atoms. The molecule has 3 aromatic rings. The summed E-state index contributed by atoms with van der Waals surface area (Å²) < 4.78 is 10.7. The number of nitrogens with one attached hydrogen (secondary N) is 1. The van der Waals surface area contributed by atoms with Crippen LogP contribution in [-0.4, -0.2) is 22.7 Å². The van der Waals surface area contributed by atoms with Gasteiger partial charge in [0.2, 0.25) is 17.6 Å². The number of aromatic nitrogens is 2. The van der Waals surface area contributed by atoms with E-state index in [-0.39, 0.29) is 11.9 Å². The minimum absolute atomic E-state index is 0.0448. The average molecular weight is 379 g/mol. The quantitative estimate of drug-likeness (QED) is 0.633. The number of hydrogen-bond donors (Lipinski definition) is 1. The molecular formula is C22H25N3O3. The van der Waals surface area contributed by atoms with E-state index in [1.165, 1.54) is 0 Å². The largest absolute Gasteiger partial charge is 0.494 e. The van der Waals surface area contributed by atoms with Crippen LogP contribution in [0.2, 0.25) is 0 Å². The fourth-order valence-corrected chi connectivity index (χ4v) is 3.03. The second-order valence-corrected chi connectivity index (χ2v) is 6.61. The first-order valence-electron chi connectivity index (χ1n) is 9.47. The molecule has 0 aliphatic heterocycles. The number of carbonyl (C=O) groups is 1. The molecule has 1 amide bonds. The van der Waals surface area contributed by atoms with Gasteiger partial charge in [0.1, 0.15) is 5.75 Å². The Morgan fingerprint density at radius 1 is 1.18 bits per heavy atom. The average Bonchev–Trinajstić information content (AvgIpc) is 3.16. The summed E-state index contributed by atoms with van der Waals surface area (Å²) in [6, 6.07) is 15.5. The molecule has 0 aliphatic rings. The number of aryl methyl sites for hydroxylation is 2. The Morgan fingerprint density at radius 3 is 2.64 bits per heavy atom. The fraction of sp³-hybridized carbons (Fsp3) is 0.318. The first-order valence-corrected chi connectivity index (χ1v) is 9.47. The Balaban J connectivity index is 1.54. The first kappa shape index (κ1) is 19.6. The highest BCUT2D eigenvalue weighted by molar-refractivity contribution is 5.76. The van der Waals surface area contributed by atoms with Crippen LogP contribution in [0.5, 0.6) is 5.75 Å². The standard InChI is InChI=1S/C22H25N3O3/c1-4-27-18-11-9-17(10-12-18)22-24-21(28-25-22)14-13-20(26)23-16(3)19-8-6-5-7-15(19)2/h5-12,16H,4,13-14H2,1-3H3,(H,23,26). The van der Waals surface area contributed by atoms with Crippen LogP contribution >= 0.6 is 0 Å². The molecule has 146 valence electrons. The highest BCUT2D eigenvalue weighted by atomic mass is 16.5. The lowest BCUT2D eigenvalue weighted by Gasteiger charge is -2.16. The summed E-state index contributed by atoms with van der Waals surface area (Å²) >= 11 is 0. The summed E-state index contributed by atoms with van der Waals surface area (Å²) in [4.78, 5) is 16.7. The van der Waals surface area contributed by atoms with Gasteiger partial charge in [-0.2, -0.15) is 4.98 Å². The number of hydrogen-bond acceptors (Lipinski definition) is 5. The zero-order valence-corrected chi connectivity index (χ0v) is 16.4. The lowest BCUT2D eigenvalue weighted by Crippen LogP contribution is -2.27. The van der Waals surface area contributed by atoms with Crippen molar-refractivity contribution in [2.24, 2.45) is 0 Å². The molecule has 0 aliphatic carbocycles. The van der Waals surface area contributed by atoms with Crippen LogP contribution < -0.4 is 10.1 Å². The van der Waals surface area contributed by atoms with Gasteiger partial charge in [0, 0.05) is 18.4 Å². The van der Waals surface area contributed by atoms with Crippen molar-refractivity contribution in [3.63, 3.8) is 0 Å². The van der Waals surface area contributed by atoms with Crippen molar-refractivity contribution in [2.45, 2.75) is 39.7 Å². The van der Waals surface area contributed by atoms with Gasteiger partial charge in [0.05, 0.1) is 12.6 Å². The second-order valence-electron chi connectivity index (χ2n) is 6.61. The van der Waals surface area contributed by atoms with Gasteiger partial charge in [0.25, 0.3) is 0 Å². The molecule has 6 heteroatoms. The molecule has 0 bridgehead atoms. The summed E-state index contributed by atoms with van der Waals surface area (Å²) in [5.41, 5.74) is 3.12. The van der Waals surface area contributed by atoms with Gasteiger partial charge in [-0.1, -0.05) is 29.4 Å². The van der Waals surface area contributed by atoms with E-state index in [2.05, 4.69) is 15.5 Å². The number of amides is 1. The van der Waals surface area contributed by atoms with Crippen LogP contribution in [0, 0.1) is 6.92 Å². The number of rotatable bonds is 8. The molecule has 28 heavy (non-hydrogen) atoms. The van der Waals surface area contributed by atoms with E-state index in [4.69, 9.17) is 9.26 Å². The molecule has 0 radical (unpaired) electrons. The molecule has 3 rings (SSSR count). The van der Waals surface area contributed by atoms with Crippen LogP contribution in [0.15, 0.2) is 53.1 Å². The molecular weight excluding hydrogens is 354 g/mol. The zero-order valence-electron chi connectivity index (χ0n) is 16.4. The summed E-state index contributed by atoms with van der Waals surface area (Å²) in [7, 11) is 0. The Kier molecular flexibility index (Phi) is 6.42. The predicted molar refractivity (Wildman–Crippen MR) is 107 cm³/mol. The van der Waals surface area contributed by atoms with E-state index in [0.717, 1.165) is 22.4 Å². The molecule has 0 saturated heterocycles. The summed E-state index contributed by atoms with van der Waals surface area (Å²) in [6.07, 6.45) is 0.692. The predicted octanol–water partition coefficient (Wildman–Crippen LogP) is 4.25. The van der Waals surface area contributed by atoms with Gasteiger partial charge in [-0.3, -0.25) is 4.79 Å². The van der Waals surface area contributed by atoms with Gasteiger partial charge >= 0.3 is 0 Å². The highest BCUT2D eigenvalue weighted by Crippen LogP contribution is 2.20. The highest BCUT2D eigenvalue weighted by Gasteiger charge is 2.14. The van der Waals surface area contributed by atoms with Gasteiger partial charge in [-0.15, -0.1) is 0 Å². The van der Waals surface area contributed by atoms with Crippen LogP contribution in [0.25, 0.3) is 11.4 Å². The number of carbonyl (C=O) groups excluding carboxylic acids is 1. The van der Waals surface area contributed by atoms with E-state index in [1.54, 1.807) is 0 Å². The lowest BCUT2D eigenvalue weighted by atomic mass is 10.0. The number of ether oxygens (including phenoxy) is 1. The van der Waals surface area contributed by atoms with Gasteiger partial charge in [-0.25, -0.2) is 0 Å². The van der Waals surface area contributed by atoms with E-state index in [0.29, 0.717) is 31.2 Å². The third-order valence-electron chi connectivity index (χ3n) is 4.49. The molecule has 6 nitrogen and oxygen atoms in total. The van der Waals surface area contributed by atoms with Gasteiger partial charge in [0.15, 0.2) is 0 Å². The molecule has 1 atom stereocenters. The minimum Gasteiger partial charge on any atom is -0.494 e. The van der Waals surface area contributed by atoms with Gasteiger partial charge < -0.3 is 14.6 Å². The smallest absolute Gasteiger partial charge is 0.227 e. The monoisotopic (exact) mass is 379 g/mol. The molecule has 2 aromatic carbocycles. The van der Waals surface area contributed by atoms with E-state index in [9.17, 15) is 4.79 Å². The SMILES string of the molecule is CCOc1ccc(-c2noc(CCC(=O)NC(C)c3ccccc3C)n2)cc1. The van der Waals surface area contributed by atoms with Crippen molar-refractivity contribution in [1.82, 2.24) is 15.5 Å². The molecule has 1 N–H and O–H groups in total. The topological polar surface area (TPSA) is 77.2 Å². The fourth-order valence-electron chi connectivity index (χ4n) is 3.03. The third kappa shape index (κ3) is 4.97. The number of benzene rings is 2. The maximum Gasteiger partial charge on any atom is 0.227 e. The zero-order chi connectivity index (χ0) is 19.9. The molecule has 1 unspecified atom stereocenters. The van der Waals surface area contributed by atoms with Crippen molar-refractivity contribution in [2.75, 3.05) is 6.61 Å². The molecule has 1 aromatic heterocycles. The summed E-state index contributed by atoms with van der Waals surface area (Å²) in [5, 5.41) is 7.02. The van der Waals surface area contributed by atoms with Crippen LogP contribution in [0.3, 0.4) is 0 Å². The first-order chi connectivity index (χ1) is 13.6. The maximum atomic E-state index is 12.3. The molecule has 0 saturated carbocycles. The Bertz CT molecular complexity index is 919. The van der Waals surface area contributed by atoms with Crippen molar-refractivity contribution < 1.29 is 14.1 Å². The van der Waals surface area contributed by atoms with E-state index < -0.39 is 0 Å². The lowest BCUT2D eigenvalue weighted by molar-refractivity contribution is -0.121. The van der Waals surface area contributed by atoms with E-state index in [1.807, 2.05) is 69.3 Å². The summed E-state index contributed by atoms with van der Waals surface area (Å²) in [6.45, 7) is 6.59. The maximum absolute atomic E-state index is 12.3. The van der Waals surface area contributed by atoms with Crippen molar-refractivity contribution in [1.29, 1.82) is 0 Å².